The minimum absolute atomic E-state index is 0.0131. The molecule has 1 aromatic carbocycles. The number of aromatic nitrogens is 1. The molecule has 0 aliphatic rings. The number of rotatable bonds is 5. The number of sulfonamides is 1. The van der Waals surface area contributed by atoms with Gasteiger partial charge in [-0.2, -0.15) is 0 Å². The van der Waals surface area contributed by atoms with E-state index in [2.05, 4.69) is 9.71 Å². The molecule has 0 aliphatic heterocycles. The lowest BCUT2D eigenvalue weighted by Gasteiger charge is -2.10. The summed E-state index contributed by atoms with van der Waals surface area (Å²) in [5, 5.41) is 0.653. The molecule has 0 aliphatic carbocycles. The van der Waals surface area contributed by atoms with Crippen molar-refractivity contribution in [3.63, 3.8) is 0 Å². The standard InChI is InChI=1S/C12H13Cl2N3O2S2/c1-2-8-5-16-11(20-8)6-17-21(18,19)12-9(13)3-7(15)4-10(12)14/h3-5,17H,2,6,15H2,1H3. The zero-order chi connectivity index (χ0) is 15.6. The fourth-order valence-electron chi connectivity index (χ4n) is 1.66. The molecule has 0 atom stereocenters. The van der Waals surface area contributed by atoms with Gasteiger partial charge in [0.25, 0.3) is 0 Å². The summed E-state index contributed by atoms with van der Waals surface area (Å²) in [6.07, 6.45) is 2.59. The summed E-state index contributed by atoms with van der Waals surface area (Å²) in [5.74, 6) is 0. The number of nitrogen functional groups attached to an aromatic ring is 1. The number of nitrogens with zero attached hydrogens (tertiary/aromatic N) is 1. The van der Waals surface area contributed by atoms with E-state index in [1.807, 2.05) is 6.92 Å². The number of nitrogens with one attached hydrogen (secondary N) is 1. The van der Waals surface area contributed by atoms with E-state index in [4.69, 9.17) is 28.9 Å². The zero-order valence-electron chi connectivity index (χ0n) is 11.1. The van der Waals surface area contributed by atoms with Gasteiger partial charge in [-0.05, 0) is 18.6 Å². The van der Waals surface area contributed by atoms with Crippen molar-refractivity contribution in [3.05, 3.63) is 38.3 Å². The first kappa shape index (κ1) is 16.5. The second-order valence-electron chi connectivity index (χ2n) is 4.21. The third-order valence-corrected chi connectivity index (χ3v) is 6.12. The van der Waals surface area contributed by atoms with E-state index in [1.54, 1.807) is 6.20 Å². The Morgan fingerprint density at radius 1 is 1.33 bits per heavy atom. The summed E-state index contributed by atoms with van der Waals surface area (Å²) in [6, 6.07) is 2.70. The minimum Gasteiger partial charge on any atom is -0.399 e. The average molecular weight is 366 g/mol. The highest BCUT2D eigenvalue weighted by atomic mass is 35.5. The van der Waals surface area contributed by atoms with Crippen LogP contribution in [-0.2, 0) is 23.0 Å². The number of aryl methyl sites for hydroxylation is 1. The smallest absolute Gasteiger partial charge is 0.243 e. The maximum absolute atomic E-state index is 12.3. The topological polar surface area (TPSA) is 85.1 Å². The van der Waals surface area contributed by atoms with Crippen LogP contribution >= 0.6 is 34.5 Å². The molecule has 0 radical (unpaired) electrons. The number of nitrogens with two attached hydrogens (primary N) is 1. The van der Waals surface area contributed by atoms with Crippen LogP contribution in [0.5, 0.6) is 0 Å². The van der Waals surface area contributed by atoms with E-state index in [0.29, 0.717) is 10.7 Å². The van der Waals surface area contributed by atoms with Crippen LogP contribution in [0.1, 0.15) is 16.8 Å². The van der Waals surface area contributed by atoms with Crippen molar-refractivity contribution in [1.29, 1.82) is 0 Å². The van der Waals surface area contributed by atoms with E-state index < -0.39 is 10.0 Å². The highest BCUT2D eigenvalue weighted by Gasteiger charge is 2.22. The average Bonchev–Trinajstić information content (AvgIpc) is 2.82. The van der Waals surface area contributed by atoms with Crippen LogP contribution in [0.2, 0.25) is 10.0 Å². The fourth-order valence-corrected chi connectivity index (χ4v) is 4.77. The summed E-state index contributed by atoms with van der Waals surface area (Å²) >= 11 is 13.3. The molecular formula is C12H13Cl2N3O2S2. The van der Waals surface area contributed by atoms with Crippen LogP contribution in [0, 0.1) is 0 Å². The molecule has 21 heavy (non-hydrogen) atoms. The lowest BCUT2D eigenvalue weighted by Crippen LogP contribution is -2.24. The molecule has 0 saturated carbocycles. The molecule has 0 spiro atoms. The monoisotopic (exact) mass is 365 g/mol. The predicted octanol–water partition coefficient (Wildman–Crippen LogP) is 3.07. The Balaban J connectivity index is 2.23. The van der Waals surface area contributed by atoms with Crippen molar-refractivity contribution in [1.82, 2.24) is 9.71 Å². The minimum atomic E-state index is -3.84. The van der Waals surface area contributed by atoms with Crippen LogP contribution in [0.3, 0.4) is 0 Å². The van der Waals surface area contributed by atoms with Gasteiger partial charge in [0.15, 0.2) is 0 Å². The number of hydrogen-bond donors (Lipinski definition) is 2. The molecule has 3 N–H and O–H groups in total. The normalized spacial score (nSPS) is 11.8. The maximum Gasteiger partial charge on any atom is 0.243 e. The van der Waals surface area contributed by atoms with E-state index in [-0.39, 0.29) is 21.5 Å². The van der Waals surface area contributed by atoms with Gasteiger partial charge in [0, 0.05) is 16.8 Å². The highest BCUT2D eigenvalue weighted by Crippen LogP contribution is 2.31. The second-order valence-corrected chi connectivity index (χ2v) is 7.93. The maximum atomic E-state index is 12.3. The Bertz CT molecular complexity index is 737. The number of halogens is 2. The lowest BCUT2D eigenvalue weighted by atomic mass is 10.3. The molecule has 0 unspecified atom stereocenters. The van der Waals surface area contributed by atoms with Crippen molar-refractivity contribution in [2.24, 2.45) is 0 Å². The van der Waals surface area contributed by atoms with Crippen LogP contribution < -0.4 is 10.5 Å². The zero-order valence-corrected chi connectivity index (χ0v) is 14.2. The van der Waals surface area contributed by atoms with Crippen molar-refractivity contribution < 1.29 is 8.42 Å². The van der Waals surface area contributed by atoms with E-state index in [1.165, 1.54) is 23.5 Å². The molecule has 9 heteroatoms. The third kappa shape index (κ3) is 3.87. The Morgan fingerprint density at radius 2 is 1.95 bits per heavy atom. The van der Waals surface area contributed by atoms with Crippen LogP contribution in [0.15, 0.2) is 23.2 Å². The molecule has 2 aromatic rings. The number of anilines is 1. The summed E-state index contributed by atoms with van der Waals surface area (Å²) in [7, 11) is -3.84. The van der Waals surface area contributed by atoms with Gasteiger partial charge < -0.3 is 5.73 Å². The summed E-state index contributed by atoms with van der Waals surface area (Å²) in [5.41, 5.74) is 5.86. The van der Waals surface area contributed by atoms with Crippen LogP contribution in [0.25, 0.3) is 0 Å². The number of thiazole rings is 1. The second kappa shape index (κ2) is 6.50. The fraction of sp³-hybridized carbons (Fsp3) is 0.250. The number of hydrogen-bond acceptors (Lipinski definition) is 5. The first-order valence-electron chi connectivity index (χ1n) is 6.01. The Labute approximate surface area is 137 Å². The van der Waals surface area contributed by atoms with E-state index in [9.17, 15) is 8.42 Å². The Morgan fingerprint density at radius 3 is 2.48 bits per heavy atom. The molecule has 0 saturated heterocycles. The van der Waals surface area contributed by atoms with Crippen molar-refractivity contribution in [2.45, 2.75) is 24.8 Å². The lowest BCUT2D eigenvalue weighted by molar-refractivity contribution is 0.581. The van der Waals surface area contributed by atoms with Gasteiger partial charge in [-0.15, -0.1) is 11.3 Å². The molecule has 1 aromatic heterocycles. The van der Waals surface area contributed by atoms with Gasteiger partial charge in [0.05, 0.1) is 16.6 Å². The summed E-state index contributed by atoms with van der Waals surface area (Å²) < 4.78 is 27.0. The quantitative estimate of drug-likeness (QED) is 0.797. The SMILES string of the molecule is CCc1cnc(CNS(=O)(=O)c2c(Cl)cc(N)cc2Cl)s1. The molecule has 5 nitrogen and oxygen atoms in total. The van der Waals surface area contributed by atoms with E-state index >= 15 is 0 Å². The van der Waals surface area contributed by atoms with Crippen LogP contribution in [0.4, 0.5) is 5.69 Å². The predicted molar refractivity (Wildman–Crippen MR) is 86.4 cm³/mol. The molecule has 1 heterocycles. The Kier molecular flexibility index (Phi) is 5.11. The summed E-state index contributed by atoms with van der Waals surface area (Å²) in [4.78, 5) is 5.07. The van der Waals surface area contributed by atoms with Gasteiger partial charge in [0.2, 0.25) is 10.0 Å². The van der Waals surface area contributed by atoms with Crippen molar-refractivity contribution in [2.75, 3.05) is 5.73 Å². The molecular weight excluding hydrogens is 353 g/mol. The largest absolute Gasteiger partial charge is 0.399 e. The molecule has 0 fully saturated rings. The van der Waals surface area contributed by atoms with Crippen LogP contribution in [-0.4, -0.2) is 13.4 Å². The first-order valence-corrected chi connectivity index (χ1v) is 9.07. The third-order valence-electron chi connectivity index (χ3n) is 2.65. The van der Waals surface area contributed by atoms with Gasteiger partial charge >= 0.3 is 0 Å². The van der Waals surface area contributed by atoms with Crippen molar-refractivity contribution >= 4 is 50.2 Å². The summed E-state index contributed by atoms with van der Waals surface area (Å²) in [6.45, 7) is 2.10. The van der Waals surface area contributed by atoms with E-state index in [0.717, 1.165) is 11.3 Å². The van der Waals surface area contributed by atoms with Gasteiger partial charge in [-0.25, -0.2) is 18.1 Å². The highest BCUT2D eigenvalue weighted by molar-refractivity contribution is 7.89. The van der Waals surface area contributed by atoms with Crippen molar-refractivity contribution in [3.8, 4) is 0 Å². The first-order chi connectivity index (χ1) is 9.83. The molecule has 0 amide bonds. The van der Waals surface area contributed by atoms with Gasteiger partial charge in [0.1, 0.15) is 9.90 Å². The Hall–Kier alpha value is -0.860. The van der Waals surface area contributed by atoms with Gasteiger partial charge in [-0.1, -0.05) is 30.1 Å². The molecule has 114 valence electrons. The molecule has 0 bridgehead atoms. The molecule has 2 rings (SSSR count). The number of benzene rings is 1. The van der Waals surface area contributed by atoms with Gasteiger partial charge in [-0.3, -0.25) is 0 Å².